The van der Waals surface area contributed by atoms with Gasteiger partial charge in [0.05, 0.1) is 0 Å². The van der Waals surface area contributed by atoms with Gasteiger partial charge >= 0.3 is 0 Å². The van der Waals surface area contributed by atoms with Crippen molar-refractivity contribution in [3.8, 4) is 0 Å². The van der Waals surface area contributed by atoms with Crippen molar-refractivity contribution in [3.05, 3.63) is 17.0 Å². The fourth-order valence-corrected chi connectivity index (χ4v) is 5.86. The number of thioether (sulfide) groups is 1. The van der Waals surface area contributed by atoms with Gasteiger partial charge in [-0.1, -0.05) is 0 Å². The summed E-state index contributed by atoms with van der Waals surface area (Å²) in [6, 6.07) is 2.44. The number of rotatable bonds is 7. The third-order valence-electron chi connectivity index (χ3n) is 3.59. The molecule has 20 heavy (non-hydrogen) atoms. The van der Waals surface area contributed by atoms with Gasteiger partial charge in [0.15, 0.2) is 0 Å². The number of hydrogen-bond donors (Lipinski definition) is 2. The van der Waals surface area contributed by atoms with Crippen LogP contribution < -0.4 is 10.0 Å². The zero-order valence-electron chi connectivity index (χ0n) is 11.3. The van der Waals surface area contributed by atoms with Crippen molar-refractivity contribution in [2.75, 3.05) is 12.3 Å². The van der Waals surface area contributed by atoms with Gasteiger partial charge in [-0.2, -0.15) is 11.8 Å². The summed E-state index contributed by atoms with van der Waals surface area (Å²) in [6.07, 6.45) is 4.81. The fourth-order valence-electron chi connectivity index (χ4n) is 2.22. The first-order valence-corrected chi connectivity index (χ1v) is 10.5. The SMILES string of the molecule is O=S(=O)(NCC1CCCS1)c1cc(CNC2CC2)cs1. The van der Waals surface area contributed by atoms with Gasteiger partial charge in [0.1, 0.15) is 4.21 Å². The molecule has 0 bridgehead atoms. The average molecular weight is 333 g/mol. The number of thiophene rings is 1. The molecule has 2 heterocycles. The Hall–Kier alpha value is -0.0800. The van der Waals surface area contributed by atoms with Crippen molar-refractivity contribution >= 4 is 33.1 Å². The molecule has 1 saturated heterocycles. The van der Waals surface area contributed by atoms with Crippen LogP contribution in [0.25, 0.3) is 0 Å². The quantitative estimate of drug-likeness (QED) is 0.803. The minimum absolute atomic E-state index is 0.438. The molecule has 1 aliphatic heterocycles. The molecule has 1 unspecified atom stereocenters. The Morgan fingerprint density at radius 2 is 2.15 bits per heavy atom. The summed E-state index contributed by atoms with van der Waals surface area (Å²) in [5.74, 6) is 1.16. The summed E-state index contributed by atoms with van der Waals surface area (Å²) < 4.78 is 27.6. The van der Waals surface area contributed by atoms with Crippen LogP contribution in [-0.4, -0.2) is 32.0 Å². The Labute approximate surface area is 128 Å². The van der Waals surface area contributed by atoms with Crippen LogP contribution in [0.3, 0.4) is 0 Å². The predicted octanol–water partition coefficient (Wildman–Crippen LogP) is 2.17. The molecule has 2 aliphatic rings. The lowest BCUT2D eigenvalue weighted by atomic mass is 10.2. The van der Waals surface area contributed by atoms with Gasteiger partial charge in [-0.3, -0.25) is 0 Å². The molecule has 1 aromatic rings. The monoisotopic (exact) mass is 332 g/mol. The van der Waals surface area contributed by atoms with Crippen molar-refractivity contribution in [1.29, 1.82) is 0 Å². The van der Waals surface area contributed by atoms with Crippen molar-refractivity contribution in [1.82, 2.24) is 10.0 Å². The molecule has 0 spiro atoms. The van der Waals surface area contributed by atoms with E-state index in [9.17, 15) is 8.42 Å². The van der Waals surface area contributed by atoms with E-state index in [2.05, 4.69) is 10.0 Å². The number of nitrogens with one attached hydrogen (secondary N) is 2. The smallest absolute Gasteiger partial charge is 0.250 e. The van der Waals surface area contributed by atoms with Crippen molar-refractivity contribution in [2.24, 2.45) is 0 Å². The lowest BCUT2D eigenvalue weighted by Gasteiger charge is -2.09. The molecule has 1 atom stereocenters. The molecule has 1 aromatic heterocycles. The second kappa shape index (κ2) is 6.36. The number of hydrogen-bond acceptors (Lipinski definition) is 5. The molecule has 2 fully saturated rings. The van der Waals surface area contributed by atoms with E-state index in [0.29, 0.717) is 22.0 Å². The summed E-state index contributed by atoms with van der Waals surface area (Å²) >= 11 is 3.18. The first kappa shape index (κ1) is 14.8. The van der Waals surface area contributed by atoms with E-state index in [1.54, 1.807) is 6.07 Å². The molecule has 112 valence electrons. The van der Waals surface area contributed by atoms with Crippen molar-refractivity contribution < 1.29 is 8.42 Å². The van der Waals surface area contributed by atoms with Crippen molar-refractivity contribution in [2.45, 2.75) is 47.7 Å². The third-order valence-corrected chi connectivity index (χ3v) is 7.90. The van der Waals surface area contributed by atoms with Gasteiger partial charge in [-0.05, 0) is 48.4 Å². The highest BCUT2D eigenvalue weighted by molar-refractivity contribution is 8.00. The molecule has 0 amide bonds. The van der Waals surface area contributed by atoms with Gasteiger partial charge < -0.3 is 5.32 Å². The average Bonchev–Trinajstić information content (AvgIpc) is 2.94. The first-order chi connectivity index (χ1) is 9.63. The summed E-state index contributed by atoms with van der Waals surface area (Å²) in [5.41, 5.74) is 1.07. The van der Waals surface area contributed by atoms with Crippen LogP contribution in [0, 0.1) is 0 Å². The molecular weight excluding hydrogens is 312 g/mol. The van der Waals surface area contributed by atoms with Crippen LogP contribution in [0.5, 0.6) is 0 Å². The van der Waals surface area contributed by atoms with Gasteiger partial charge in [-0.25, -0.2) is 13.1 Å². The molecule has 1 aliphatic carbocycles. The molecule has 0 radical (unpaired) electrons. The summed E-state index contributed by atoms with van der Waals surface area (Å²) in [5, 5.41) is 5.79. The van der Waals surface area contributed by atoms with Gasteiger partial charge in [0.25, 0.3) is 0 Å². The summed E-state index contributed by atoms with van der Waals surface area (Å²) in [6.45, 7) is 1.33. The second-order valence-electron chi connectivity index (χ2n) is 5.42. The van der Waals surface area contributed by atoms with Gasteiger partial charge in [0, 0.05) is 24.4 Å². The molecule has 3 rings (SSSR count). The third kappa shape index (κ3) is 3.98. The minimum Gasteiger partial charge on any atom is -0.310 e. The van der Waals surface area contributed by atoms with E-state index in [1.165, 1.54) is 30.6 Å². The maximum absolute atomic E-state index is 12.2. The van der Waals surface area contributed by atoms with E-state index in [0.717, 1.165) is 24.3 Å². The Balaban J connectivity index is 1.55. The predicted molar refractivity (Wildman–Crippen MR) is 84.8 cm³/mol. The normalized spacial score (nSPS) is 23.3. The van der Waals surface area contributed by atoms with Crippen LogP contribution in [0.4, 0.5) is 0 Å². The van der Waals surface area contributed by atoms with Crippen molar-refractivity contribution in [3.63, 3.8) is 0 Å². The van der Waals surface area contributed by atoms with Gasteiger partial charge in [-0.15, -0.1) is 11.3 Å². The molecule has 7 heteroatoms. The Morgan fingerprint density at radius 1 is 1.30 bits per heavy atom. The van der Waals surface area contributed by atoms with Crippen LogP contribution in [0.2, 0.25) is 0 Å². The highest BCUT2D eigenvalue weighted by Gasteiger charge is 2.23. The van der Waals surface area contributed by atoms with Gasteiger partial charge in [0.2, 0.25) is 10.0 Å². The van der Waals surface area contributed by atoms with Crippen LogP contribution in [-0.2, 0) is 16.6 Å². The lowest BCUT2D eigenvalue weighted by Crippen LogP contribution is -2.29. The second-order valence-corrected chi connectivity index (χ2v) is 9.73. The standard InChI is InChI=1S/C13H20N2O2S3/c16-20(17,15-8-12-2-1-5-18-12)13-6-10(9-19-13)7-14-11-3-4-11/h6,9,11-12,14-15H,1-5,7-8H2. The van der Waals surface area contributed by atoms with Crippen LogP contribution in [0.1, 0.15) is 31.2 Å². The highest BCUT2D eigenvalue weighted by atomic mass is 32.2. The van der Waals surface area contributed by atoms with Crippen LogP contribution >= 0.6 is 23.1 Å². The Kier molecular flexibility index (Phi) is 4.72. The summed E-state index contributed by atoms with van der Waals surface area (Å²) in [7, 11) is -3.32. The zero-order valence-corrected chi connectivity index (χ0v) is 13.7. The number of sulfonamides is 1. The molecule has 1 saturated carbocycles. The Bertz CT molecular complexity index is 546. The molecule has 2 N–H and O–H groups in total. The summed E-state index contributed by atoms with van der Waals surface area (Å²) in [4.78, 5) is 0. The largest absolute Gasteiger partial charge is 0.310 e. The van der Waals surface area contributed by atoms with E-state index in [-0.39, 0.29) is 0 Å². The first-order valence-electron chi connectivity index (χ1n) is 7.05. The molecule has 4 nitrogen and oxygen atoms in total. The molecular formula is C13H20N2O2S3. The zero-order chi connectivity index (χ0) is 14.0. The maximum atomic E-state index is 12.2. The van der Waals surface area contributed by atoms with E-state index in [1.807, 2.05) is 17.1 Å². The lowest BCUT2D eigenvalue weighted by molar-refractivity contribution is 0.581. The minimum atomic E-state index is -3.32. The maximum Gasteiger partial charge on any atom is 0.250 e. The van der Waals surface area contributed by atoms with Crippen LogP contribution in [0.15, 0.2) is 15.7 Å². The Morgan fingerprint density at radius 3 is 2.85 bits per heavy atom. The van der Waals surface area contributed by atoms with E-state index < -0.39 is 10.0 Å². The fraction of sp³-hybridized carbons (Fsp3) is 0.692. The van der Waals surface area contributed by atoms with E-state index in [4.69, 9.17) is 0 Å². The van der Waals surface area contributed by atoms with E-state index >= 15 is 0 Å². The highest BCUT2D eigenvalue weighted by Crippen LogP contribution is 2.26. The molecule has 0 aromatic carbocycles. The topological polar surface area (TPSA) is 58.2 Å².